The normalized spacial score (nSPS) is 12.6. The third-order valence-corrected chi connectivity index (χ3v) is 5.03. The first-order chi connectivity index (χ1) is 12.7. The van der Waals surface area contributed by atoms with E-state index in [1.807, 2.05) is 43.3 Å². The van der Waals surface area contributed by atoms with Crippen molar-refractivity contribution in [2.24, 2.45) is 0 Å². The lowest BCUT2D eigenvalue weighted by molar-refractivity contribution is 0.0942. The summed E-state index contributed by atoms with van der Waals surface area (Å²) in [6.07, 6.45) is 1.18. The van der Waals surface area contributed by atoms with Crippen molar-refractivity contribution in [1.29, 1.82) is 0 Å². The predicted molar refractivity (Wildman–Crippen MR) is 107 cm³/mol. The molecule has 0 saturated carbocycles. The molecule has 0 radical (unpaired) electrons. The third kappa shape index (κ3) is 6.37. The van der Waals surface area contributed by atoms with Gasteiger partial charge in [-0.2, -0.15) is 0 Å². The molecule has 0 bridgehead atoms. The second-order valence-corrected chi connectivity index (χ2v) is 8.88. The van der Waals surface area contributed by atoms with Crippen molar-refractivity contribution in [1.82, 2.24) is 10.2 Å². The average molecular weight is 391 g/mol. The summed E-state index contributed by atoms with van der Waals surface area (Å²) < 4.78 is 28.2. The summed E-state index contributed by atoms with van der Waals surface area (Å²) in [6.45, 7) is 0.412. The Morgan fingerprint density at radius 2 is 1.85 bits per heavy atom. The largest absolute Gasteiger partial charge is 0.497 e. The summed E-state index contributed by atoms with van der Waals surface area (Å²) in [5.41, 5.74) is 2.08. The molecule has 7 heteroatoms. The molecule has 6 nitrogen and oxygen atoms in total. The topological polar surface area (TPSA) is 75.7 Å². The molecule has 2 rings (SSSR count). The first-order valence-corrected chi connectivity index (χ1v) is 10.6. The lowest BCUT2D eigenvalue weighted by Crippen LogP contribution is -2.34. The Bertz CT molecular complexity index is 894. The molecule has 27 heavy (non-hydrogen) atoms. The highest BCUT2D eigenvalue weighted by Gasteiger charge is 2.17. The Balaban J connectivity index is 2.11. The maximum atomic E-state index is 12.5. The number of hydrogen-bond donors (Lipinski definition) is 1. The number of likely N-dealkylation sites (N-methyl/N-ethyl adjacent to an activating group) is 1. The van der Waals surface area contributed by atoms with Crippen LogP contribution in [0.25, 0.3) is 0 Å². The molecule has 2 aromatic carbocycles. The van der Waals surface area contributed by atoms with Gasteiger partial charge in [0.1, 0.15) is 5.75 Å². The van der Waals surface area contributed by atoms with E-state index in [0.717, 1.165) is 11.3 Å². The zero-order valence-corrected chi connectivity index (χ0v) is 16.9. The van der Waals surface area contributed by atoms with Gasteiger partial charge in [-0.25, -0.2) is 8.42 Å². The van der Waals surface area contributed by atoms with Crippen LogP contribution in [0.5, 0.6) is 5.75 Å². The van der Waals surface area contributed by atoms with Crippen molar-refractivity contribution in [2.75, 3.05) is 34.0 Å². The fourth-order valence-corrected chi connectivity index (χ4v) is 3.63. The number of nitrogens with one attached hydrogen (secondary N) is 1. The molecule has 0 aliphatic rings. The molecule has 146 valence electrons. The van der Waals surface area contributed by atoms with Crippen molar-refractivity contribution in [3.8, 4) is 5.75 Å². The lowest BCUT2D eigenvalue weighted by atomic mass is 10.1. The summed E-state index contributed by atoms with van der Waals surface area (Å²) in [5.74, 6) is 0.442. The van der Waals surface area contributed by atoms with Crippen LogP contribution in [0.15, 0.2) is 48.5 Å². The van der Waals surface area contributed by atoms with Gasteiger partial charge in [0.15, 0.2) is 9.84 Å². The van der Waals surface area contributed by atoms with Crippen LogP contribution in [0, 0.1) is 0 Å². The van der Waals surface area contributed by atoms with Crippen LogP contribution in [-0.4, -0.2) is 53.2 Å². The quantitative estimate of drug-likeness (QED) is 0.748. The molecular weight excluding hydrogens is 364 g/mol. The fraction of sp³-hybridized carbons (Fsp3) is 0.350. The van der Waals surface area contributed by atoms with Gasteiger partial charge in [-0.05, 0) is 49.5 Å². The van der Waals surface area contributed by atoms with Crippen molar-refractivity contribution < 1.29 is 17.9 Å². The molecule has 0 aliphatic heterocycles. The van der Waals surface area contributed by atoms with E-state index >= 15 is 0 Å². The zero-order chi connectivity index (χ0) is 20.0. The zero-order valence-electron chi connectivity index (χ0n) is 16.1. The van der Waals surface area contributed by atoms with Crippen LogP contribution >= 0.6 is 0 Å². The number of methoxy groups -OCH3 is 1. The second kappa shape index (κ2) is 9.01. The highest BCUT2D eigenvalue weighted by molar-refractivity contribution is 7.89. The second-order valence-electron chi connectivity index (χ2n) is 6.74. The monoisotopic (exact) mass is 390 g/mol. The molecule has 0 aliphatic carbocycles. The van der Waals surface area contributed by atoms with Crippen LogP contribution in [0.1, 0.15) is 27.5 Å². The summed E-state index contributed by atoms with van der Waals surface area (Å²) in [5, 5.41) is 2.94. The number of amides is 1. The average Bonchev–Trinajstić information content (AvgIpc) is 2.60. The van der Waals surface area contributed by atoms with E-state index in [1.54, 1.807) is 31.4 Å². The molecule has 0 spiro atoms. The van der Waals surface area contributed by atoms with Gasteiger partial charge >= 0.3 is 0 Å². The van der Waals surface area contributed by atoms with Crippen LogP contribution in [0.4, 0.5) is 0 Å². The number of sulfone groups is 1. The molecular formula is C20H26N2O4S. The number of hydrogen-bond acceptors (Lipinski definition) is 5. The van der Waals surface area contributed by atoms with Crippen molar-refractivity contribution >= 4 is 15.7 Å². The minimum absolute atomic E-state index is 0.0248. The van der Waals surface area contributed by atoms with E-state index in [2.05, 4.69) is 5.32 Å². The molecule has 0 fully saturated rings. The Morgan fingerprint density at radius 1 is 1.15 bits per heavy atom. The van der Waals surface area contributed by atoms with Gasteiger partial charge in [0, 0.05) is 18.4 Å². The number of carbonyl (C=O) groups is 1. The lowest BCUT2D eigenvalue weighted by Gasteiger charge is -2.25. The predicted octanol–water partition coefficient (Wildman–Crippen LogP) is 2.27. The van der Waals surface area contributed by atoms with Crippen LogP contribution < -0.4 is 10.1 Å². The molecule has 1 atom stereocenters. The number of nitrogens with zero attached hydrogens (tertiary/aromatic N) is 1. The maximum absolute atomic E-state index is 12.5. The summed E-state index contributed by atoms with van der Waals surface area (Å²) in [6, 6.07) is 14.4. The fourth-order valence-electron chi connectivity index (χ4n) is 2.84. The van der Waals surface area contributed by atoms with E-state index in [-0.39, 0.29) is 17.7 Å². The smallest absolute Gasteiger partial charge is 0.251 e. The summed E-state index contributed by atoms with van der Waals surface area (Å²) >= 11 is 0. The minimum atomic E-state index is -3.15. The minimum Gasteiger partial charge on any atom is -0.497 e. The van der Waals surface area contributed by atoms with E-state index in [0.29, 0.717) is 17.7 Å². The molecule has 2 aromatic rings. The summed E-state index contributed by atoms with van der Waals surface area (Å²) in [4.78, 5) is 14.6. The molecule has 1 N–H and O–H groups in total. The van der Waals surface area contributed by atoms with Gasteiger partial charge in [-0.1, -0.05) is 24.3 Å². The number of benzene rings is 2. The molecule has 1 amide bonds. The Morgan fingerprint density at radius 3 is 2.48 bits per heavy atom. The Labute approximate surface area is 161 Å². The highest BCUT2D eigenvalue weighted by atomic mass is 32.2. The van der Waals surface area contributed by atoms with Gasteiger partial charge in [0.2, 0.25) is 0 Å². The number of rotatable bonds is 8. The van der Waals surface area contributed by atoms with Crippen molar-refractivity contribution in [3.63, 3.8) is 0 Å². The summed E-state index contributed by atoms with van der Waals surface area (Å²) in [7, 11) is 2.37. The van der Waals surface area contributed by atoms with E-state index < -0.39 is 9.84 Å². The van der Waals surface area contributed by atoms with Crippen LogP contribution in [-0.2, 0) is 15.6 Å². The van der Waals surface area contributed by atoms with Crippen molar-refractivity contribution in [2.45, 2.75) is 11.8 Å². The van der Waals surface area contributed by atoms with Crippen LogP contribution in [0.2, 0.25) is 0 Å². The van der Waals surface area contributed by atoms with E-state index in [1.165, 1.54) is 6.26 Å². The van der Waals surface area contributed by atoms with Gasteiger partial charge in [-0.15, -0.1) is 0 Å². The van der Waals surface area contributed by atoms with Gasteiger partial charge in [0.25, 0.3) is 5.91 Å². The van der Waals surface area contributed by atoms with Gasteiger partial charge < -0.3 is 15.0 Å². The number of ether oxygens (including phenoxy) is 1. The standard InChI is InChI=1S/C20H26N2O4S/c1-22(2)19(16-8-6-10-18(12-16)26-3)13-21-20(23)17-9-5-7-15(11-17)14-27(4,24)25/h5-12,19H,13-14H2,1-4H3,(H,21,23). The highest BCUT2D eigenvalue weighted by Crippen LogP contribution is 2.22. The Kier molecular flexibility index (Phi) is 6.98. The van der Waals surface area contributed by atoms with Gasteiger partial charge in [0.05, 0.1) is 18.9 Å². The SMILES string of the molecule is COc1cccc(C(CNC(=O)c2cccc(CS(C)(=O)=O)c2)N(C)C)c1. The van der Waals surface area contributed by atoms with E-state index in [9.17, 15) is 13.2 Å². The van der Waals surface area contributed by atoms with Gasteiger partial charge in [-0.3, -0.25) is 4.79 Å². The first-order valence-electron chi connectivity index (χ1n) is 8.55. The van der Waals surface area contributed by atoms with Crippen LogP contribution in [0.3, 0.4) is 0 Å². The Hall–Kier alpha value is -2.38. The number of carbonyl (C=O) groups excluding carboxylic acids is 1. The first kappa shape index (κ1) is 20.9. The third-order valence-electron chi connectivity index (χ3n) is 4.18. The van der Waals surface area contributed by atoms with Crippen molar-refractivity contribution in [3.05, 3.63) is 65.2 Å². The molecule has 0 aromatic heterocycles. The maximum Gasteiger partial charge on any atom is 0.251 e. The van der Waals surface area contributed by atoms with E-state index in [4.69, 9.17) is 4.74 Å². The molecule has 0 heterocycles. The molecule has 0 saturated heterocycles. The molecule has 1 unspecified atom stereocenters.